The number of benzene rings is 1. The number of hydrogen-bond acceptors (Lipinski definition) is 2. The average Bonchev–Trinajstić information content (AvgIpc) is 2.46. The number of aryl methyl sites for hydroxylation is 1. The van der Waals surface area contributed by atoms with Crippen LogP contribution in [0, 0.1) is 0 Å². The highest BCUT2D eigenvalue weighted by Crippen LogP contribution is 2.22. The number of thiocarbonyl (C=S) groups is 1. The Labute approximate surface area is 121 Å². The highest BCUT2D eigenvalue weighted by molar-refractivity contribution is 7.80. The summed E-state index contributed by atoms with van der Waals surface area (Å²) in [6, 6.07) is 8.53. The summed E-state index contributed by atoms with van der Waals surface area (Å²) in [5.41, 5.74) is 2.59. The summed E-state index contributed by atoms with van der Waals surface area (Å²) in [6.45, 7) is 7.30. The molecule has 1 aromatic rings. The third kappa shape index (κ3) is 3.45. The number of anilines is 1. The van der Waals surface area contributed by atoms with Crippen LogP contribution >= 0.6 is 12.2 Å². The molecule has 1 aliphatic heterocycles. The first kappa shape index (κ1) is 14.3. The van der Waals surface area contributed by atoms with Crippen LogP contribution in [-0.4, -0.2) is 29.9 Å². The Morgan fingerprint density at radius 3 is 2.79 bits per heavy atom. The summed E-state index contributed by atoms with van der Waals surface area (Å²) in [7, 11) is 0. The Balaban J connectivity index is 2.14. The van der Waals surface area contributed by atoms with E-state index in [1.165, 1.54) is 24.1 Å². The number of rotatable bonds is 5. The predicted molar refractivity (Wildman–Crippen MR) is 85.4 cm³/mol. The van der Waals surface area contributed by atoms with Gasteiger partial charge in [0.15, 0.2) is 5.11 Å². The van der Waals surface area contributed by atoms with Crippen molar-refractivity contribution in [2.24, 2.45) is 0 Å². The molecule has 0 radical (unpaired) electrons. The van der Waals surface area contributed by atoms with Gasteiger partial charge in [0.05, 0.1) is 13.3 Å². The number of hydrogen-bond donors (Lipinski definition) is 1. The molecule has 4 heteroatoms. The van der Waals surface area contributed by atoms with E-state index in [0.29, 0.717) is 0 Å². The fourth-order valence-corrected chi connectivity index (χ4v) is 2.60. The molecule has 1 N–H and O–H groups in total. The van der Waals surface area contributed by atoms with Gasteiger partial charge < -0.3 is 10.2 Å². The monoisotopic (exact) mass is 277 g/mol. The van der Waals surface area contributed by atoms with Crippen LogP contribution in [-0.2, 0) is 6.42 Å². The Morgan fingerprint density at radius 2 is 2.05 bits per heavy atom. The van der Waals surface area contributed by atoms with E-state index in [0.717, 1.165) is 31.4 Å². The predicted octanol–water partition coefficient (Wildman–Crippen LogP) is 2.96. The molecule has 104 valence electrons. The van der Waals surface area contributed by atoms with Gasteiger partial charge in [-0.2, -0.15) is 0 Å². The van der Waals surface area contributed by atoms with E-state index >= 15 is 0 Å². The van der Waals surface area contributed by atoms with Crippen molar-refractivity contribution in [1.29, 1.82) is 0 Å². The lowest BCUT2D eigenvalue weighted by Gasteiger charge is -2.38. The van der Waals surface area contributed by atoms with E-state index in [4.69, 9.17) is 12.2 Å². The van der Waals surface area contributed by atoms with Gasteiger partial charge in [0.2, 0.25) is 0 Å². The molecule has 1 aliphatic rings. The minimum Gasteiger partial charge on any atom is -0.349 e. The van der Waals surface area contributed by atoms with E-state index < -0.39 is 0 Å². The van der Waals surface area contributed by atoms with Crippen molar-refractivity contribution in [3.63, 3.8) is 0 Å². The fraction of sp³-hybridized carbons (Fsp3) is 0.533. The number of para-hydroxylation sites is 1. The average molecular weight is 277 g/mol. The van der Waals surface area contributed by atoms with Gasteiger partial charge in [-0.15, -0.1) is 0 Å². The molecule has 2 rings (SSSR count). The van der Waals surface area contributed by atoms with Crippen LogP contribution in [0.15, 0.2) is 24.3 Å². The van der Waals surface area contributed by atoms with Crippen molar-refractivity contribution in [2.45, 2.75) is 33.1 Å². The Kier molecular flexibility index (Phi) is 5.16. The van der Waals surface area contributed by atoms with Crippen LogP contribution < -0.4 is 10.2 Å². The lowest BCUT2D eigenvalue weighted by Crippen LogP contribution is -2.56. The fourth-order valence-electron chi connectivity index (χ4n) is 2.38. The summed E-state index contributed by atoms with van der Waals surface area (Å²) in [5, 5.41) is 4.17. The second-order valence-electron chi connectivity index (χ2n) is 4.94. The van der Waals surface area contributed by atoms with Crippen molar-refractivity contribution in [3.05, 3.63) is 29.8 Å². The van der Waals surface area contributed by atoms with Crippen molar-refractivity contribution in [2.75, 3.05) is 24.8 Å². The van der Waals surface area contributed by atoms with Gasteiger partial charge in [-0.3, -0.25) is 4.90 Å². The third-order valence-corrected chi connectivity index (χ3v) is 3.90. The zero-order chi connectivity index (χ0) is 13.7. The Bertz CT molecular complexity index is 433. The molecule has 1 heterocycles. The maximum Gasteiger partial charge on any atom is 0.175 e. The standard InChI is InChI=1S/C15H23N3S/c1-3-5-10-17-11-16-15(19)18(12-17)14-9-7-6-8-13(14)4-2/h6-9H,3-5,10-12H2,1-2H3,(H,16,19). The second kappa shape index (κ2) is 6.87. The largest absolute Gasteiger partial charge is 0.349 e. The molecule has 0 amide bonds. The first-order chi connectivity index (χ1) is 9.26. The van der Waals surface area contributed by atoms with E-state index in [-0.39, 0.29) is 0 Å². The highest BCUT2D eigenvalue weighted by atomic mass is 32.1. The first-order valence-electron chi connectivity index (χ1n) is 7.11. The Hall–Kier alpha value is -1.13. The zero-order valence-electron chi connectivity index (χ0n) is 11.9. The molecule has 0 spiro atoms. The van der Waals surface area contributed by atoms with Crippen LogP contribution in [0.1, 0.15) is 32.3 Å². The molecule has 0 saturated carbocycles. The number of unbranched alkanes of at least 4 members (excludes halogenated alkanes) is 1. The minimum absolute atomic E-state index is 0.841. The molecule has 0 atom stereocenters. The summed E-state index contributed by atoms with van der Waals surface area (Å²) >= 11 is 5.47. The molecule has 3 nitrogen and oxygen atoms in total. The van der Waals surface area contributed by atoms with Gasteiger partial charge in [-0.25, -0.2) is 0 Å². The number of nitrogens with zero attached hydrogens (tertiary/aromatic N) is 2. The molecule has 1 aromatic carbocycles. The normalized spacial score (nSPS) is 16.5. The van der Waals surface area contributed by atoms with Gasteiger partial charge in [-0.1, -0.05) is 38.5 Å². The van der Waals surface area contributed by atoms with Crippen LogP contribution in [0.3, 0.4) is 0 Å². The molecule has 1 saturated heterocycles. The summed E-state index contributed by atoms with van der Waals surface area (Å²) in [4.78, 5) is 4.62. The molecule has 0 aliphatic carbocycles. The molecule has 1 fully saturated rings. The minimum atomic E-state index is 0.841. The van der Waals surface area contributed by atoms with Crippen LogP contribution in [0.2, 0.25) is 0 Å². The van der Waals surface area contributed by atoms with Crippen molar-refractivity contribution in [1.82, 2.24) is 10.2 Å². The topological polar surface area (TPSA) is 18.5 Å². The van der Waals surface area contributed by atoms with E-state index in [2.05, 4.69) is 53.2 Å². The molecule has 0 unspecified atom stereocenters. The van der Waals surface area contributed by atoms with Gasteiger partial charge in [0.1, 0.15) is 0 Å². The molecule has 0 aromatic heterocycles. The first-order valence-corrected chi connectivity index (χ1v) is 7.52. The van der Waals surface area contributed by atoms with Gasteiger partial charge in [0.25, 0.3) is 0 Å². The van der Waals surface area contributed by atoms with E-state index in [1.807, 2.05) is 0 Å². The van der Waals surface area contributed by atoms with Crippen LogP contribution in [0.25, 0.3) is 0 Å². The van der Waals surface area contributed by atoms with Crippen LogP contribution in [0.5, 0.6) is 0 Å². The highest BCUT2D eigenvalue weighted by Gasteiger charge is 2.22. The van der Waals surface area contributed by atoms with E-state index in [9.17, 15) is 0 Å². The van der Waals surface area contributed by atoms with E-state index in [1.54, 1.807) is 0 Å². The Morgan fingerprint density at radius 1 is 1.26 bits per heavy atom. The zero-order valence-corrected chi connectivity index (χ0v) is 12.7. The summed E-state index contributed by atoms with van der Waals surface area (Å²) in [6.07, 6.45) is 3.49. The maximum absolute atomic E-state index is 5.47. The number of nitrogens with one attached hydrogen (secondary N) is 1. The molecule has 0 bridgehead atoms. The quantitative estimate of drug-likeness (QED) is 0.834. The summed E-state index contributed by atoms with van der Waals surface area (Å²) < 4.78 is 0. The molecule has 19 heavy (non-hydrogen) atoms. The smallest absolute Gasteiger partial charge is 0.175 e. The van der Waals surface area contributed by atoms with Crippen molar-refractivity contribution in [3.8, 4) is 0 Å². The third-order valence-electron chi connectivity index (χ3n) is 3.53. The summed E-state index contributed by atoms with van der Waals surface area (Å²) in [5.74, 6) is 0. The van der Waals surface area contributed by atoms with Gasteiger partial charge in [-0.05, 0) is 36.7 Å². The van der Waals surface area contributed by atoms with Crippen molar-refractivity contribution < 1.29 is 0 Å². The SMILES string of the molecule is CCCCN1CNC(=S)N(c2ccccc2CC)C1. The van der Waals surface area contributed by atoms with Gasteiger partial charge >= 0.3 is 0 Å². The maximum atomic E-state index is 5.47. The van der Waals surface area contributed by atoms with Gasteiger partial charge in [0, 0.05) is 12.2 Å². The van der Waals surface area contributed by atoms with Crippen LogP contribution in [0.4, 0.5) is 5.69 Å². The lowest BCUT2D eigenvalue weighted by atomic mass is 10.1. The lowest BCUT2D eigenvalue weighted by molar-refractivity contribution is 0.257. The molecular weight excluding hydrogens is 254 g/mol. The molecular formula is C15H23N3S. The second-order valence-corrected chi connectivity index (χ2v) is 5.33. The van der Waals surface area contributed by atoms with Crippen molar-refractivity contribution >= 4 is 23.0 Å².